The Bertz CT molecular complexity index is 674. The number of rotatable bonds is 2. The molecule has 104 valence electrons. The summed E-state index contributed by atoms with van der Waals surface area (Å²) in [4.78, 5) is 12.1. The van der Waals surface area contributed by atoms with E-state index in [0.717, 1.165) is 4.47 Å². The van der Waals surface area contributed by atoms with E-state index in [0.29, 0.717) is 5.56 Å². The normalized spacial score (nSPS) is 10.4. The standard InChI is InChI=1S/C13H7BrCl3NO2/c14-7-3-1-6(2-4-7)13(20)18-9-5-8(15)12(19)11(17)10(9)16/h1-5,19H,(H,18,20). The van der Waals surface area contributed by atoms with Crippen LogP contribution in [0.5, 0.6) is 5.75 Å². The van der Waals surface area contributed by atoms with Gasteiger partial charge in [0.15, 0.2) is 5.75 Å². The second kappa shape index (κ2) is 6.22. The predicted octanol–water partition coefficient (Wildman–Crippen LogP) is 5.37. The Morgan fingerprint density at radius 2 is 1.70 bits per heavy atom. The smallest absolute Gasteiger partial charge is 0.255 e. The molecule has 3 nitrogen and oxygen atoms in total. The van der Waals surface area contributed by atoms with Crippen LogP contribution in [-0.4, -0.2) is 11.0 Å². The van der Waals surface area contributed by atoms with Crippen molar-refractivity contribution in [2.24, 2.45) is 0 Å². The Labute approximate surface area is 138 Å². The number of phenols is 1. The first kappa shape index (κ1) is 15.4. The van der Waals surface area contributed by atoms with Crippen LogP contribution in [-0.2, 0) is 0 Å². The number of hydrogen-bond acceptors (Lipinski definition) is 2. The lowest BCUT2D eigenvalue weighted by atomic mass is 10.2. The third kappa shape index (κ3) is 3.20. The lowest BCUT2D eigenvalue weighted by Gasteiger charge is -2.10. The number of carbonyl (C=O) groups excluding carboxylic acids is 1. The number of benzene rings is 2. The van der Waals surface area contributed by atoms with Crippen molar-refractivity contribution in [2.45, 2.75) is 0 Å². The molecule has 0 fully saturated rings. The van der Waals surface area contributed by atoms with Crippen molar-refractivity contribution in [3.63, 3.8) is 0 Å². The maximum Gasteiger partial charge on any atom is 0.255 e. The van der Waals surface area contributed by atoms with Gasteiger partial charge in [-0.25, -0.2) is 0 Å². The molecule has 7 heteroatoms. The van der Waals surface area contributed by atoms with Gasteiger partial charge in [0.1, 0.15) is 5.02 Å². The third-order valence-electron chi connectivity index (χ3n) is 2.49. The zero-order valence-electron chi connectivity index (χ0n) is 9.75. The molecule has 1 amide bonds. The lowest BCUT2D eigenvalue weighted by Crippen LogP contribution is -2.12. The van der Waals surface area contributed by atoms with Crippen LogP contribution in [0.2, 0.25) is 15.1 Å². The maximum atomic E-state index is 12.1. The highest BCUT2D eigenvalue weighted by Gasteiger charge is 2.16. The van der Waals surface area contributed by atoms with E-state index >= 15 is 0 Å². The summed E-state index contributed by atoms with van der Waals surface area (Å²) in [7, 11) is 0. The SMILES string of the molecule is O=C(Nc1cc(Cl)c(O)c(Cl)c1Cl)c1ccc(Br)cc1. The maximum absolute atomic E-state index is 12.1. The molecule has 2 aromatic rings. The van der Waals surface area contributed by atoms with Gasteiger partial charge in [-0.3, -0.25) is 4.79 Å². The minimum atomic E-state index is -0.364. The highest BCUT2D eigenvalue weighted by atomic mass is 79.9. The summed E-state index contributed by atoms with van der Waals surface area (Å²) in [5.41, 5.74) is 0.678. The number of anilines is 1. The van der Waals surface area contributed by atoms with E-state index in [2.05, 4.69) is 21.2 Å². The number of aromatic hydroxyl groups is 1. The molecule has 20 heavy (non-hydrogen) atoms. The Morgan fingerprint density at radius 3 is 2.30 bits per heavy atom. The van der Waals surface area contributed by atoms with Crippen molar-refractivity contribution in [1.29, 1.82) is 0 Å². The van der Waals surface area contributed by atoms with Gasteiger partial charge in [0.2, 0.25) is 0 Å². The van der Waals surface area contributed by atoms with E-state index in [9.17, 15) is 9.90 Å². The molecule has 2 aromatic carbocycles. The fourth-order valence-corrected chi connectivity index (χ4v) is 2.38. The van der Waals surface area contributed by atoms with Crippen LogP contribution in [0.25, 0.3) is 0 Å². The minimum absolute atomic E-state index is 0.00510. The topological polar surface area (TPSA) is 49.3 Å². The van der Waals surface area contributed by atoms with Crippen LogP contribution >= 0.6 is 50.7 Å². The number of halogens is 4. The van der Waals surface area contributed by atoms with E-state index in [1.807, 2.05) is 0 Å². The van der Waals surface area contributed by atoms with Crippen molar-refractivity contribution >= 4 is 62.3 Å². The Morgan fingerprint density at radius 1 is 1.10 bits per heavy atom. The fourth-order valence-electron chi connectivity index (χ4n) is 1.47. The minimum Gasteiger partial charge on any atom is -0.505 e. The van der Waals surface area contributed by atoms with Crippen LogP contribution in [0.1, 0.15) is 10.4 Å². The first-order valence-electron chi connectivity index (χ1n) is 5.33. The monoisotopic (exact) mass is 393 g/mol. The van der Waals surface area contributed by atoms with Gasteiger partial charge in [0, 0.05) is 10.0 Å². The molecule has 2 N–H and O–H groups in total. The average Bonchev–Trinajstić information content (AvgIpc) is 2.43. The van der Waals surface area contributed by atoms with Crippen LogP contribution in [0.4, 0.5) is 5.69 Å². The number of amides is 1. The fraction of sp³-hybridized carbons (Fsp3) is 0. The molecule has 2 rings (SSSR count). The number of hydrogen-bond donors (Lipinski definition) is 2. The van der Waals surface area contributed by atoms with E-state index in [4.69, 9.17) is 34.8 Å². The van der Waals surface area contributed by atoms with Crippen LogP contribution in [0.3, 0.4) is 0 Å². The van der Waals surface area contributed by atoms with Crippen LogP contribution < -0.4 is 5.32 Å². The summed E-state index contributed by atoms with van der Waals surface area (Å²) in [6.07, 6.45) is 0. The molecular weight excluding hydrogens is 388 g/mol. The quantitative estimate of drug-likeness (QED) is 0.531. The van der Waals surface area contributed by atoms with Crippen LogP contribution in [0, 0.1) is 0 Å². The van der Waals surface area contributed by atoms with E-state index in [-0.39, 0.29) is 32.4 Å². The highest BCUT2D eigenvalue weighted by Crippen LogP contribution is 2.42. The summed E-state index contributed by atoms with van der Waals surface area (Å²) in [6.45, 7) is 0. The van der Waals surface area contributed by atoms with Crippen molar-refractivity contribution in [3.8, 4) is 5.75 Å². The van der Waals surface area contributed by atoms with E-state index < -0.39 is 0 Å². The average molecular weight is 395 g/mol. The summed E-state index contributed by atoms with van der Waals surface area (Å²) < 4.78 is 0.864. The molecule has 0 saturated carbocycles. The molecule has 0 saturated heterocycles. The molecule has 0 radical (unpaired) electrons. The molecule has 0 aromatic heterocycles. The van der Waals surface area contributed by atoms with Crippen molar-refractivity contribution in [1.82, 2.24) is 0 Å². The second-order valence-corrected chi connectivity index (χ2v) is 5.92. The van der Waals surface area contributed by atoms with Gasteiger partial charge in [-0.15, -0.1) is 0 Å². The molecule has 0 aliphatic heterocycles. The highest BCUT2D eigenvalue weighted by molar-refractivity contribution is 9.10. The van der Waals surface area contributed by atoms with Gasteiger partial charge >= 0.3 is 0 Å². The molecule has 0 bridgehead atoms. The molecule has 0 heterocycles. The van der Waals surface area contributed by atoms with E-state index in [1.54, 1.807) is 24.3 Å². The zero-order valence-corrected chi connectivity index (χ0v) is 13.6. The van der Waals surface area contributed by atoms with Gasteiger partial charge in [-0.05, 0) is 30.3 Å². The van der Waals surface area contributed by atoms with Crippen molar-refractivity contribution in [3.05, 3.63) is 55.4 Å². The Hall–Kier alpha value is -0.940. The van der Waals surface area contributed by atoms with Gasteiger partial charge in [0.25, 0.3) is 5.91 Å². The molecule has 0 unspecified atom stereocenters. The summed E-state index contributed by atoms with van der Waals surface area (Å²) >= 11 is 20.8. The van der Waals surface area contributed by atoms with Crippen LogP contribution in [0.15, 0.2) is 34.8 Å². The molecular formula is C13H7BrCl3NO2. The molecule has 0 aliphatic carbocycles. The first-order valence-corrected chi connectivity index (χ1v) is 7.26. The molecule has 0 spiro atoms. The predicted molar refractivity (Wildman–Crippen MR) is 85.2 cm³/mol. The van der Waals surface area contributed by atoms with Gasteiger partial charge in [-0.1, -0.05) is 50.7 Å². The zero-order chi connectivity index (χ0) is 14.9. The summed E-state index contributed by atoms with van der Waals surface area (Å²) in [6, 6.07) is 8.12. The van der Waals surface area contributed by atoms with Crippen molar-refractivity contribution in [2.75, 3.05) is 5.32 Å². The summed E-state index contributed by atoms with van der Waals surface area (Å²) in [5, 5.41) is 12.0. The van der Waals surface area contributed by atoms with Gasteiger partial charge < -0.3 is 10.4 Å². The van der Waals surface area contributed by atoms with Gasteiger partial charge in [0.05, 0.1) is 15.7 Å². The molecule has 0 aliphatic rings. The van der Waals surface area contributed by atoms with Crippen molar-refractivity contribution < 1.29 is 9.90 Å². The lowest BCUT2D eigenvalue weighted by molar-refractivity contribution is 0.102. The van der Waals surface area contributed by atoms with Gasteiger partial charge in [-0.2, -0.15) is 0 Å². The van der Waals surface area contributed by atoms with E-state index in [1.165, 1.54) is 6.07 Å². The second-order valence-electron chi connectivity index (χ2n) is 3.84. The Kier molecular flexibility index (Phi) is 4.81. The largest absolute Gasteiger partial charge is 0.505 e. The third-order valence-corrected chi connectivity index (χ3v) is 4.16. The Balaban J connectivity index is 2.31. The summed E-state index contributed by atoms with van der Waals surface area (Å²) in [5.74, 6) is -0.683. The number of nitrogens with one attached hydrogen (secondary N) is 1. The first-order chi connectivity index (χ1) is 9.40. The molecule has 0 atom stereocenters. The number of carbonyl (C=O) groups is 1. The number of phenolic OH excluding ortho intramolecular Hbond substituents is 1.